The lowest BCUT2D eigenvalue weighted by molar-refractivity contribution is 0.280. The average Bonchev–Trinajstić information content (AvgIpc) is 3.06. The van der Waals surface area contributed by atoms with Crippen molar-refractivity contribution < 1.29 is 9.15 Å². The van der Waals surface area contributed by atoms with Crippen LogP contribution >= 0.6 is 11.6 Å². The molecule has 4 rings (SSSR count). The van der Waals surface area contributed by atoms with E-state index in [2.05, 4.69) is 19.9 Å². The molecule has 0 spiro atoms. The van der Waals surface area contributed by atoms with Gasteiger partial charge in [0.1, 0.15) is 0 Å². The van der Waals surface area contributed by atoms with Gasteiger partial charge in [0.05, 0.1) is 30.6 Å². The number of halogens is 1. The van der Waals surface area contributed by atoms with Crippen molar-refractivity contribution in [2.45, 2.75) is 13.0 Å². The number of aromatic nitrogens is 4. The van der Waals surface area contributed by atoms with Crippen LogP contribution < -0.4 is 10.5 Å². The summed E-state index contributed by atoms with van der Waals surface area (Å²) in [5.74, 6) is 0.735. The predicted molar refractivity (Wildman–Crippen MR) is 119 cm³/mol. The molecule has 9 heteroatoms. The smallest absolute Gasteiger partial charge is 0.421 e. The number of rotatable bonds is 8. The SMILES string of the molecule is CN(C)CCCOc1cnc(-c2cccc(Cn3c(=O)oc4cc(Cl)cnc43)c2)nc1. The van der Waals surface area contributed by atoms with E-state index in [4.69, 9.17) is 20.8 Å². The highest BCUT2D eigenvalue weighted by atomic mass is 35.5. The molecule has 0 aliphatic heterocycles. The van der Waals surface area contributed by atoms with Gasteiger partial charge in [-0.25, -0.2) is 19.7 Å². The summed E-state index contributed by atoms with van der Waals surface area (Å²) in [7, 11) is 4.06. The quantitative estimate of drug-likeness (QED) is 0.388. The lowest BCUT2D eigenvalue weighted by Crippen LogP contribution is -2.15. The number of hydrogen-bond donors (Lipinski definition) is 0. The number of oxazole rings is 1. The summed E-state index contributed by atoms with van der Waals surface area (Å²) in [5, 5.41) is 0.415. The van der Waals surface area contributed by atoms with Crippen molar-refractivity contribution in [3.8, 4) is 17.1 Å². The third-order valence-corrected chi connectivity index (χ3v) is 4.85. The number of hydrogen-bond acceptors (Lipinski definition) is 7. The van der Waals surface area contributed by atoms with E-state index in [9.17, 15) is 4.79 Å². The first-order valence-corrected chi connectivity index (χ1v) is 10.2. The summed E-state index contributed by atoms with van der Waals surface area (Å²) >= 11 is 5.93. The van der Waals surface area contributed by atoms with Gasteiger partial charge in [-0.2, -0.15) is 0 Å². The molecule has 0 fully saturated rings. The molecule has 0 atom stereocenters. The Morgan fingerprint density at radius 2 is 1.94 bits per heavy atom. The van der Waals surface area contributed by atoms with Crippen LogP contribution in [0.15, 0.2) is 58.1 Å². The Balaban J connectivity index is 1.49. The van der Waals surface area contributed by atoms with E-state index < -0.39 is 5.76 Å². The number of fused-ring (bicyclic) bond motifs is 1. The maximum atomic E-state index is 12.3. The van der Waals surface area contributed by atoms with Crippen molar-refractivity contribution in [3.63, 3.8) is 0 Å². The summed E-state index contributed by atoms with van der Waals surface area (Å²) in [4.78, 5) is 27.4. The third-order valence-electron chi connectivity index (χ3n) is 4.65. The molecule has 4 aromatic rings. The second-order valence-corrected chi connectivity index (χ2v) is 7.81. The fourth-order valence-corrected chi connectivity index (χ4v) is 3.32. The minimum Gasteiger partial charge on any atom is -0.490 e. The van der Waals surface area contributed by atoms with E-state index in [-0.39, 0.29) is 0 Å². The number of nitrogens with zero attached hydrogens (tertiary/aromatic N) is 5. The van der Waals surface area contributed by atoms with Gasteiger partial charge in [-0.3, -0.25) is 4.57 Å². The zero-order valence-electron chi connectivity index (χ0n) is 17.3. The standard InChI is InChI=1S/C22H22ClN5O3/c1-27(2)7-4-8-30-18-12-24-20(25-13-18)16-6-3-5-15(9-16)14-28-21-19(31-22(28)29)10-17(23)11-26-21/h3,5-6,9-13H,4,7-8,14H2,1-2H3. The van der Waals surface area contributed by atoms with E-state index in [1.165, 1.54) is 10.8 Å². The molecule has 3 aromatic heterocycles. The van der Waals surface area contributed by atoms with Crippen LogP contribution in [0.4, 0.5) is 0 Å². The lowest BCUT2D eigenvalue weighted by atomic mass is 10.1. The molecule has 31 heavy (non-hydrogen) atoms. The zero-order chi connectivity index (χ0) is 21.8. The second-order valence-electron chi connectivity index (χ2n) is 7.38. The van der Waals surface area contributed by atoms with Crippen molar-refractivity contribution in [1.82, 2.24) is 24.4 Å². The van der Waals surface area contributed by atoms with Crippen molar-refractivity contribution in [2.24, 2.45) is 0 Å². The van der Waals surface area contributed by atoms with Crippen molar-refractivity contribution in [3.05, 3.63) is 70.1 Å². The van der Waals surface area contributed by atoms with Gasteiger partial charge in [-0.15, -0.1) is 0 Å². The summed E-state index contributed by atoms with van der Waals surface area (Å²) in [6.45, 7) is 1.88. The van der Waals surface area contributed by atoms with Gasteiger partial charge >= 0.3 is 5.76 Å². The van der Waals surface area contributed by atoms with Gasteiger partial charge in [0.25, 0.3) is 0 Å². The van der Waals surface area contributed by atoms with Crippen LogP contribution in [0.5, 0.6) is 5.75 Å². The molecular weight excluding hydrogens is 418 g/mol. The van der Waals surface area contributed by atoms with E-state index in [0.29, 0.717) is 41.0 Å². The van der Waals surface area contributed by atoms with Crippen LogP contribution in [-0.2, 0) is 6.54 Å². The number of ether oxygens (including phenoxy) is 1. The summed E-state index contributed by atoms with van der Waals surface area (Å²) in [6.07, 6.45) is 5.77. The lowest BCUT2D eigenvalue weighted by Gasteiger charge is -2.10. The first-order chi connectivity index (χ1) is 15.0. The highest BCUT2D eigenvalue weighted by Crippen LogP contribution is 2.20. The molecule has 0 aliphatic rings. The Labute approximate surface area is 184 Å². The molecule has 0 bridgehead atoms. The Morgan fingerprint density at radius 1 is 1.13 bits per heavy atom. The molecule has 0 amide bonds. The summed E-state index contributed by atoms with van der Waals surface area (Å²) < 4.78 is 12.4. The minimum absolute atomic E-state index is 0.307. The molecule has 0 saturated heterocycles. The molecule has 3 heterocycles. The Kier molecular flexibility index (Phi) is 6.29. The maximum absolute atomic E-state index is 12.3. The topological polar surface area (TPSA) is 86.3 Å². The molecule has 0 saturated carbocycles. The molecule has 160 valence electrons. The van der Waals surface area contributed by atoms with E-state index in [1.54, 1.807) is 18.5 Å². The van der Waals surface area contributed by atoms with Crippen LogP contribution in [-0.4, -0.2) is 51.7 Å². The number of pyridine rings is 1. The van der Waals surface area contributed by atoms with Gasteiger partial charge in [-0.1, -0.05) is 29.8 Å². The first-order valence-electron chi connectivity index (χ1n) is 9.83. The van der Waals surface area contributed by atoms with Crippen molar-refractivity contribution in [1.29, 1.82) is 0 Å². The van der Waals surface area contributed by atoms with Gasteiger partial charge in [0.15, 0.2) is 22.8 Å². The van der Waals surface area contributed by atoms with Gasteiger partial charge in [0, 0.05) is 24.4 Å². The average molecular weight is 440 g/mol. The van der Waals surface area contributed by atoms with E-state index in [0.717, 1.165) is 24.1 Å². The minimum atomic E-state index is -0.484. The second kappa shape index (κ2) is 9.28. The van der Waals surface area contributed by atoms with E-state index in [1.807, 2.05) is 38.4 Å². The van der Waals surface area contributed by atoms with Crippen LogP contribution in [0, 0.1) is 0 Å². The molecule has 0 radical (unpaired) electrons. The maximum Gasteiger partial charge on any atom is 0.421 e. The molecule has 8 nitrogen and oxygen atoms in total. The Morgan fingerprint density at radius 3 is 2.71 bits per heavy atom. The molecule has 0 aliphatic carbocycles. The Hall–Kier alpha value is -3.23. The van der Waals surface area contributed by atoms with Crippen LogP contribution in [0.3, 0.4) is 0 Å². The van der Waals surface area contributed by atoms with Crippen molar-refractivity contribution >= 4 is 22.8 Å². The van der Waals surface area contributed by atoms with Gasteiger partial charge in [-0.05, 0) is 32.1 Å². The largest absolute Gasteiger partial charge is 0.490 e. The summed E-state index contributed by atoms with van der Waals surface area (Å²) in [5.41, 5.74) is 2.55. The monoisotopic (exact) mass is 439 g/mol. The van der Waals surface area contributed by atoms with Gasteiger partial charge in [0.2, 0.25) is 0 Å². The fourth-order valence-electron chi connectivity index (χ4n) is 3.17. The molecule has 0 unspecified atom stereocenters. The van der Waals surface area contributed by atoms with Crippen molar-refractivity contribution in [2.75, 3.05) is 27.2 Å². The number of benzene rings is 1. The van der Waals surface area contributed by atoms with Crippen LogP contribution in [0.2, 0.25) is 5.02 Å². The normalized spacial score (nSPS) is 11.4. The fraction of sp³-hybridized carbons (Fsp3) is 0.273. The summed E-state index contributed by atoms with van der Waals surface area (Å²) in [6, 6.07) is 9.26. The highest BCUT2D eigenvalue weighted by Gasteiger charge is 2.12. The van der Waals surface area contributed by atoms with Gasteiger partial charge < -0.3 is 14.1 Å². The molecule has 0 N–H and O–H groups in total. The first kappa shape index (κ1) is 21.0. The van der Waals surface area contributed by atoms with Crippen LogP contribution in [0.1, 0.15) is 12.0 Å². The van der Waals surface area contributed by atoms with Crippen LogP contribution in [0.25, 0.3) is 22.6 Å². The molecular formula is C22H22ClN5O3. The van der Waals surface area contributed by atoms with E-state index >= 15 is 0 Å². The Bertz CT molecular complexity index is 1230. The molecule has 1 aromatic carbocycles. The third kappa shape index (κ3) is 5.10. The highest BCUT2D eigenvalue weighted by molar-refractivity contribution is 6.30. The predicted octanol–water partition coefficient (Wildman–Crippen LogP) is 3.48. The zero-order valence-corrected chi connectivity index (χ0v) is 18.0.